The Bertz CT molecular complexity index is 993. The average Bonchev–Trinajstić information content (AvgIpc) is 3.36. The molecule has 7 nitrogen and oxygen atoms in total. The van der Waals surface area contributed by atoms with E-state index in [0.717, 1.165) is 35.6 Å². The summed E-state index contributed by atoms with van der Waals surface area (Å²) in [6.07, 6.45) is 3.73. The molecule has 158 valence electrons. The van der Waals surface area contributed by atoms with Gasteiger partial charge in [-0.2, -0.15) is 5.10 Å². The zero-order chi connectivity index (χ0) is 20.9. The Labute approximate surface area is 176 Å². The van der Waals surface area contributed by atoms with Crippen molar-refractivity contribution >= 4 is 5.91 Å². The third-order valence-corrected chi connectivity index (χ3v) is 5.43. The molecule has 0 atom stereocenters. The van der Waals surface area contributed by atoms with Crippen molar-refractivity contribution in [1.82, 2.24) is 19.7 Å². The van der Waals surface area contributed by atoms with Gasteiger partial charge in [0.15, 0.2) is 5.69 Å². The van der Waals surface area contributed by atoms with Gasteiger partial charge in [-0.3, -0.25) is 9.48 Å². The summed E-state index contributed by atoms with van der Waals surface area (Å²) in [5.74, 6) is 1.42. The van der Waals surface area contributed by atoms with Crippen molar-refractivity contribution in [3.63, 3.8) is 0 Å². The summed E-state index contributed by atoms with van der Waals surface area (Å²) in [5, 5.41) is 4.78. The van der Waals surface area contributed by atoms with Crippen molar-refractivity contribution in [2.75, 3.05) is 19.8 Å². The molecule has 1 aromatic carbocycles. The number of rotatable bonds is 8. The number of fused-ring (bicyclic) bond motifs is 1. The number of aryl methyl sites for hydroxylation is 2. The Morgan fingerprint density at radius 1 is 1.27 bits per heavy atom. The number of amides is 1. The monoisotopic (exact) mass is 408 g/mol. The number of carbonyl (C=O) groups excluding carboxylic acids is 1. The second-order valence-electron chi connectivity index (χ2n) is 7.52. The van der Waals surface area contributed by atoms with Crippen molar-refractivity contribution in [2.45, 2.75) is 46.2 Å². The van der Waals surface area contributed by atoms with E-state index >= 15 is 0 Å². The van der Waals surface area contributed by atoms with Crippen molar-refractivity contribution < 1.29 is 13.9 Å². The molecular formula is C23H28N4O3. The average molecular weight is 409 g/mol. The van der Waals surface area contributed by atoms with Gasteiger partial charge in [0.25, 0.3) is 0 Å². The van der Waals surface area contributed by atoms with E-state index in [1.807, 2.05) is 41.6 Å². The normalized spacial score (nSPS) is 13.5. The number of benzene rings is 1. The van der Waals surface area contributed by atoms with Crippen LogP contribution in [-0.2, 0) is 35.5 Å². The third-order valence-electron chi connectivity index (χ3n) is 5.43. The van der Waals surface area contributed by atoms with E-state index in [0.29, 0.717) is 45.2 Å². The van der Waals surface area contributed by atoms with Gasteiger partial charge < -0.3 is 14.1 Å². The topological polar surface area (TPSA) is 73.4 Å². The first-order chi connectivity index (χ1) is 14.7. The maximum Gasteiger partial charge on any atom is 0.247 e. The molecule has 0 fully saturated rings. The number of aromatic nitrogens is 3. The Balaban J connectivity index is 1.52. The number of hydrogen-bond acceptors (Lipinski definition) is 5. The van der Waals surface area contributed by atoms with Crippen LogP contribution in [0.1, 0.15) is 35.9 Å². The molecular weight excluding hydrogens is 380 g/mol. The number of nitrogens with zero attached hydrogens (tertiary/aromatic N) is 4. The molecule has 4 rings (SSSR count). The highest BCUT2D eigenvalue weighted by Crippen LogP contribution is 2.30. The molecule has 0 aliphatic carbocycles. The number of hydrogen-bond donors (Lipinski definition) is 0. The van der Waals surface area contributed by atoms with Gasteiger partial charge in [-0.1, -0.05) is 30.3 Å². The van der Waals surface area contributed by atoms with Gasteiger partial charge in [-0.25, -0.2) is 4.98 Å². The van der Waals surface area contributed by atoms with Crippen LogP contribution in [0.3, 0.4) is 0 Å². The Morgan fingerprint density at radius 2 is 2.10 bits per heavy atom. The second-order valence-corrected chi connectivity index (χ2v) is 7.52. The predicted octanol–water partition coefficient (Wildman–Crippen LogP) is 3.40. The minimum absolute atomic E-state index is 0.168. The first-order valence-corrected chi connectivity index (χ1v) is 10.6. The Morgan fingerprint density at radius 3 is 2.83 bits per heavy atom. The van der Waals surface area contributed by atoms with Crippen LogP contribution in [0.4, 0.5) is 0 Å². The van der Waals surface area contributed by atoms with Crippen molar-refractivity contribution in [2.24, 2.45) is 0 Å². The molecule has 7 heteroatoms. The molecule has 0 saturated carbocycles. The lowest BCUT2D eigenvalue weighted by Crippen LogP contribution is -2.36. The van der Waals surface area contributed by atoms with E-state index in [-0.39, 0.29) is 5.91 Å². The van der Waals surface area contributed by atoms with E-state index in [2.05, 4.69) is 17.1 Å². The van der Waals surface area contributed by atoms with Gasteiger partial charge in [0.05, 0.1) is 19.3 Å². The fourth-order valence-electron chi connectivity index (χ4n) is 3.87. The van der Waals surface area contributed by atoms with Gasteiger partial charge in [-0.15, -0.1) is 0 Å². The highest BCUT2D eigenvalue weighted by molar-refractivity contribution is 5.77. The lowest BCUT2D eigenvalue weighted by molar-refractivity contribution is -0.132. The maximum absolute atomic E-state index is 12.9. The molecule has 1 amide bonds. The summed E-state index contributed by atoms with van der Waals surface area (Å²) in [4.78, 5) is 19.2. The molecule has 0 radical (unpaired) electrons. The number of ether oxygens (including phenoxy) is 1. The molecule has 1 aliphatic rings. The van der Waals surface area contributed by atoms with Crippen molar-refractivity contribution in [3.05, 3.63) is 59.1 Å². The third kappa shape index (κ3) is 4.46. The van der Waals surface area contributed by atoms with E-state index < -0.39 is 0 Å². The number of carbonyl (C=O) groups is 1. The van der Waals surface area contributed by atoms with Crippen LogP contribution >= 0.6 is 0 Å². The summed E-state index contributed by atoms with van der Waals surface area (Å²) >= 11 is 0. The lowest BCUT2D eigenvalue weighted by atomic mass is 10.0. The molecule has 0 bridgehead atoms. The maximum atomic E-state index is 12.9. The van der Waals surface area contributed by atoms with Crippen LogP contribution in [0, 0.1) is 6.92 Å². The van der Waals surface area contributed by atoms with E-state index in [9.17, 15) is 4.79 Å². The molecule has 0 N–H and O–H groups in total. The van der Waals surface area contributed by atoms with Gasteiger partial charge in [-0.05, 0) is 25.8 Å². The second kappa shape index (κ2) is 9.26. The highest BCUT2D eigenvalue weighted by Gasteiger charge is 2.29. The highest BCUT2D eigenvalue weighted by atomic mass is 16.5. The van der Waals surface area contributed by atoms with Crippen molar-refractivity contribution in [3.8, 4) is 11.6 Å². The fraction of sp³-hybridized carbons (Fsp3) is 0.435. The first kappa shape index (κ1) is 20.3. The molecule has 0 unspecified atom stereocenters. The lowest BCUT2D eigenvalue weighted by Gasteiger charge is -2.28. The minimum atomic E-state index is 0.168. The summed E-state index contributed by atoms with van der Waals surface area (Å²) in [5.41, 5.74) is 4.10. The van der Waals surface area contributed by atoms with Gasteiger partial charge >= 0.3 is 0 Å². The zero-order valence-corrected chi connectivity index (χ0v) is 17.6. The van der Waals surface area contributed by atoms with Gasteiger partial charge in [0.2, 0.25) is 11.8 Å². The Hall–Kier alpha value is -2.93. The summed E-state index contributed by atoms with van der Waals surface area (Å²) < 4.78 is 13.3. The van der Waals surface area contributed by atoms with Crippen LogP contribution in [0.25, 0.3) is 11.6 Å². The fourth-order valence-corrected chi connectivity index (χ4v) is 3.87. The molecule has 0 spiro atoms. The molecule has 3 aromatic rings. The SMILES string of the molecule is CCOCCn1nc(-c2ncc(C)o2)c2c1CCN(C(=O)CCc1ccccc1)C2. The standard InChI is InChI=1S/C23H28N4O3/c1-3-29-14-13-27-20-11-12-26(21(28)10-9-18-7-5-4-6-8-18)16-19(20)22(25-27)23-24-15-17(2)30-23/h4-8,15H,3,9-14,16H2,1-2H3. The van der Waals surface area contributed by atoms with Gasteiger partial charge in [0.1, 0.15) is 5.76 Å². The van der Waals surface area contributed by atoms with Crippen LogP contribution in [-0.4, -0.2) is 45.3 Å². The molecule has 30 heavy (non-hydrogen) atoms. The van der Waals surface area contributed by atoms with Crippen LogP contribution < -0.4 is 0 Å². The van der Waals surface area contributed by atoms with E-state index in [1.165, 1.54) is 5.56 Å². The number of oxazole rings is 1. The Kier molecular flexibility index (Phi) is 6.28. The van der Waals surface area contributed by atoms with Crippen LogP contribution in [0.2, 0.25) is 0 Å². The summed E-state index contributed by atoms with van der Waals surface area (Å²) in [7, 11) is 0. The summed E-state index contributed by atoms with van der Waals surface area (Å²) in [6.45, 7) is 7.05. The largest absolute Gasteiger partial charge is 0.440 e. The van der Waals surface area contributed by atoms with Crippen LogP contribution in [0.5, 0.6) is 0 Å². The molecule has 2 aromatic heterocycles. The molecule has 1 aliphatic heterocycles. The van der Waals surface area contributed by atoms with Crippen LogP contribution in [0.15, 0.2) is 40.9 Å². The van der Waals surface area contributed by atoms with E-state index in [1.54, 1.807) is 6.20 Å². The molecule has 0 saturated heterocycles. The summed E-state index contributed by atoms with van der Waals surface area (Å²) in [6, 6.07) is 10.1. The first-order valence-electron chi connectivity index (χ1n) is 10.6. The van der Waals surface area contributed by atoms with Crippen molar-refractivity contribution in [1.29, 1.82) is 0 Å². The quantitative estimate of drug-likeness (QED) is 0.534. The van der Waals surface area contributed by atoms with Gasteiger partial charge in [0, 0.05) is 43.8 Å². The predicted molar refractivity (Wildman–Crippen MR) is 113 cm³/mol. The zero-order valence-electron chi connectivity index (χ0n) is 17.6. The van der Waals surface area contributed by atoms with E-state index in [4.69, 9.17) is 14.3 Å². The molecule has 3 heterocycles. The smallest absolute Gasteiger partial charge is 0.247 e. The minimum Gasteiger partial charge on any atom is -0.440 e.